The molecular weight excluding hydrogens is 359 g/mol. The van der Waals surface area contributed by atoms with Gasteiger partial charge in [0.05, 0.1) is 12.7 Å². The van der Waals surface area contributed by atoms with Gasteiger partial charge in [0.2, 0.25) is 0 Å². The van der Waals surface area contributed by atoms with Crippen molar-refractivity contribution >= 4 is 29.1 Å². The fourth-order valence-corrected chi connectivity index (χ4v) is 3.36. The maximum Gasteiger partial charge on any atom is 0.257 e. The van der Waals surface area contributed by atoms with Crippen molar-refractivity contribution in [3.05, 3.63) is 63.6 Å². The van der Waals surface area contributed by atoms with Gasteiger partial charge in [0.15, 0.2) is 0 Å². The van der Waals surface area contributed by atoms with Crippen LogP contribution < -0.4 is 4.74 Å². The maximum atomic E-state index is 12.8. The standard InChI is InChI=1S/C19H20Cl2N2O2/c1-25-18-7-6-15(20)12-16(18)19(24)23-10-8-22(9-11-23)13-14-4-2-3-5-17(14)21/h2-7,12H,8-11,13H2,1H3. The molecule has 2 aromatic rings. The van der Waals surface area contributed by atoms with Crippen LogP contribution in [0.15, 0.2) is 42.5 Å². The number of ether oxygens (including phenoxy) is 1. The van der Waals surface area contributed by atoms with Gasteiger partial charge in [-0.1, -0.05) is 41.4 Å². The maximum absolute atomic E-state index is 12.8. The van der Waals surface area contributed by atoms with Crippen molar-refractivity contribution in [3.8, 4) is 5.75 Å². The number of hydrogen-bond acceptors (Lipinski definition) is 3. The molecule has 0 radical (unpaired) electrons. The van der Waals surface area contributed by atoms with Crippen LogP contribution in [0.25, 0.3) is 0 Å². The molecule has 1 aliphatic rings. The molecule has 25 heavy (non-hydrogen) atoms. The second kappa shape index (κ2) is 8.09. The monoisotopic (exact) mass is 378 g/mol. The van der Waals surface area contributed by atoms with E-state index in [9.17, 15) is 4.79 Å². The average molecular weight is 379 g/mol. The molecule has 0 atom stereocenters. The van der Waals surface area contributed by atoms with E-state index in [0.717, 1.165) is 30.2 Å². The Labute approximate surface area is 157 Å². The van der Waals surface area contributed by atoms with Gasteiger partial charge >= 0.3 is 0 Å². The first-order chi connectivity index (χ1) is 12.1. The topological polar surface area (TPSA) is 32.8 Å². The van der Waals surface area contributed by atoms with E-state index in [1.54, 1.807) is 25.3 Å². The molecule has 1 aliphatic heterocycles. The van der Waals surface area contributed by atoms with E-state index in [0.29, 0.717) is 29.4 Å². The molecule has 4 nitrogen and oxygen atoms in total. The summed E-state index contributed by atoms with van der Waals surface area (Å²) in [7, 11) is 1.56. The quantitative estimate of drug-likeness (QED) is 0.806. The summed E-state index contributed by atoms with van der Waals surface area (Å²) in [5.41, 5.74) is 1.62. The first-order valence-electron chi connectivity index (χ1n) is 8.17. The Balaban J connectivity index is 1.63. The molecule has 6 heteroatoms. The Morgan fingerprint density at radius 3 is 2.48 bits per heavy atom. The molecule has 1 heterocycles. The Morgan fingerprint density at radius 2 is 1.80 bits per heavy atom. The van der Waals surface area contributed by atoms with Crippen LogP contribution in [0.1, 0.15) is 15.9 Å². The molecule has 3 rings (SSSR count). The normalized spacial score (nSPS) is 15.2. The van der Waals surface area contributed by atoms with Crippen molar-refractivity contribution in [2.24, 2.45) is 0 Å². The molecule has 1 saturated heterocycles. The van der Waals surface area contributed by atoms with Crippen LogP contribution in [0.2, 0.25) is 10.0 Å². The lowest BCUT2D eigenvalue weighted by Crippen LogP contribution is -2.48. The summed E-state index contributed by atoms with van der Waals surface area (Å²) in [5, 5.41) is 1.31. The van der Waals surface area contributed by atoms with Crippen molar-refractivity contribution in [3.63, 3.8) is 0 Å². The lowest BCUT2D eigenvalue weighted by molar-refractivity contribution is 0.0625. The number of benzene rings is 2. The highest BCUT2D eigenvalue weighted by Gasteiger charge is 2.24. The summed E-state index contributed by atoms with van der Waals surface area (Å²) in [5.74, 6) is 0.504. The highest BCUT2D eigenvalue weighted by molar-refractivity contribution is 6.31. The molecule has 0 bridgehead atoms. The zero-order valence-electron chi connectivity index (χ0n) is 14.0. The van der Waals surface area contributed by atoms with Crippen LogP contribution in [0.4, 0.5) is 0 Å². The van der Waals surface area contributed by atoms with E-state index in [-0.39, 0.29) is 5.91 Å². The number of carbonyl (C=O) groups is 1. The third kappa shape index (κ3) is 4.27. The third-order valence-corrected chi connectivity index (χ3v) is 5.01. The van der Waals surface area contributed by atoms with Gasteiger partial charge in [0.1, 0.15) is 5.75 Å². The van der Waals surface area contributed by atoms with Crippen LogP contribution in [0, 0.1) is 0 Å². The molecule has 0 aromatic heterocycles. The number of amides is 1. The Kier molecular flexibility index (Phi) is 5.84. The zero-order valence-corrected chi connectivity index (χ0v) is 15.6. The number of rotatable bonds is 4. The van der Waals surface area contributed by atoms with E-state index in [1.807, 2.05) is 29.2 Å². The number of carbonyl (C=O) groups excluding carboxylic acids is 1. The van der Waals surface area contributed by atoms with Crippen molar-refractivity contribution < 1.29 is 9.53 Å². The van der Waals surface area contributed by atoms with Gasteiger partial charge in [0, 0.05) is 42.8 Å². The van der Waals surface area contributed by atoms with Gasteiger partial charge in [-0.2, -0.15) is 0 Å². The van der Waals surface area contributed by atoms with E-state index in [1.165, 1.54) is 0 Å². The SMILES string of the molecule is COc1ccc(Cl)cc1C(=O)N1CCN(Cc2ccccc2Cl)CC1. The Hall–Kier alpha value is -1.75. The smallest absolute Gasteiger partial charge is 0.257 e. The first-order valence-corrected chi connectivity index (χ1v) is 8.92. The van der Waals surface area contributed by atoms with Crippen LogP contribution in [0.3, 0.4) is 0 Å². The average Bonchev–Trinajstić information content (AvgIpc) is 2.63. The number of nitrogens with zero attached hydrogens (tertiary/aromatic N) is 2. The number of hydrogen-bond donors (Lipinski definition) is 0. The minimum absolute atomic E-state index is 0.0447. The summed E-state index contributed by atoms with van der Waals surface area (Å²) in [6.45, 7) is 3.74. The van der Waals surface area contributed by atoms with Crippen molar-refractivity contribution in [1.82, 2.24) is 9.80 Å². The van der Waals surface area contributed by atoms with E-state index >= 15 is 0 Å². The number of piperazine rings is 1. The van der Waals surface area contributed by atoms with E-state index in [4.69, 9.17) is 27.9 Å². The largest absolute Gasteiger partial charge is 0.496 e. The molecule has 0 N–H and O–H groups in total. The third-order valence-electron chi connectivity index (χ3n) is 4.40. The first kappa shape index (κ1) is 18.1. The minimum Gasteiger partial charge on any atom is -0.496 e. The fourth-order valence-electron chi connectivity index (χ4n) is 2.99. The summed E-state index contributed by atoms with van der Waals surface area (Å²) in [6, 6.07) is 13.0. The number of methoxy groups -OCH3 is 1. The second-order valence-corrected chi connectivity index (χ2v) is 6.85. The van der Waals surface area contributed by atoms with E-state index < -0.39 is 0 Å². The molecule has 0 spiro atoms. The van der Waals surface area contributed by atoms with E-state index in [2.05, 4.69) is 4.90 Å². The molecule has 0 unspecified atom stereocenters. The predicted molar refractivity (Wildman–Crippen MR) is 101 cm³/mol. The molecule has 132 valence electrons. The fraction of sp³-hybridized carbons (Fsp3) is 0.316. The van der Waals surface area contributed by atoms with Gasteiger partial charge in [-0.05, 0) is 29.8 Å². The molecular formula is C19H20Cl2N2O2. The highest BCUT2D eigenvalue weighted by atomic mass is 35.5. The summed E-state index contributed by atoms with van der Waals surface area (Å²) < 4.78 is 5.29. The van der Waals surface area contributed by atoms with Gasteiger partial charge in [0.25, 0.3) is 5.91 Å². The van der Waals surface area contributed by atoms with Crippen molar-refractivity contribution in [2.75, 3.05) is 33.3 Å². The van der Waals surface area contributed by atoms with Crippen LogP contribution in [0.5, 0.6) is 5.75 Å². The minimum atomic E-state index is -0.0447. The van der Waals surface area contributed by atoms with Crippen LogP contribution in [-0.4, -0.2) is 49.0 Å². The summed E-state index contributed by atoms with van der Waals surface area (Å²) in [4.78, 5) is 16.9. The lowest BCUT2D eigenvalue weighted by atomic mass is 10.1. The molecule has 1 fully saturated rings. The second-order valence-electron chi connectivity index (χ2n) is 6.00. The van der Waals surface area contributed by atoms with Gasteiger partial charge < -0.3 is 9.64 Å². The lowest BCUT2D eigenvalue weighted by Gasteiger charge is -2.35. The zero-order chi connectivity index (χ0) is 17.8. The predicted octanol–water partition coefficient (Wildman–Crippen LogP) is 3.96. The van der Waals surface area contributed by atoms with Gasteiger partial charge in [-0.25, -0.2) is 0 Å². The molecule has 1 amide bonds. The Bertz CT molecular complexity index is 759. The summed E-state index contributed by atoms with van der Waals surface area (Å²) >= 11 is 12.3. The highest BCUT2D eigenvalue weighted by Crippen LogP contribution is 2.25. The summed E-state index contributed by atoms with van der Waals surface area (Å²) in [6.07, 6.45) is 0. The van der Waals surface area contributed by atoms with Crippen LogP contribution in [-0.2, 0) is 6.54 Å². The van der Waals surface area contributed by atoms with Crippen molar-refractivity contribution in [1.29, 1.82) is 0 Å². The molecule has 0 aliphatic carbocycles. The van der Waals surface area contributed by atoms with Gasteiger partial charge in [-0.15, -0.1) is 0 Å². The molecule has 2 aromatic carbocycles. The van der Waals surface area contributed by atoms with Gasteiger partial charge in [-0.3, -0.25) is 9.69 Å². The molecule has 0 saturated carbocycles. The Morgan fingerprint density at radius 1 is 1.08 bits per heavy atom. The van der Waals surface area contributed by atoms with Crippen molar-refractivity contribution in [2.45, 2.75) is 6.54 Å². The van der Waals surface area contributed by atoms with Crippen LogP contribution >= 0.6 is 23.2 Å². The number of halogens is 2.